The minimum Gasteiger partial charge on any atom is -0.383 e. The zero-order chi connectivity index (χ0) is 41.5. The SMILES string of the molecule is CCC.CCC(C)C(C(CC(=O)N1CCCC1C(OC)C(C)C)OC)N(C)C(=O)CNC(=O)C1C2CCC(C2)N1C.COCCNC=O.Cc1ccccc1. The largest absolute Gasteiger partial charge is 0.383 e. The highest BCUT2D eigenvalue weighted by Crippen LogP contribution is 2.41. The molecule has 0 spiro atoms. The van der Waals surface area contributed by atoms with Crippen LogP contribution in [0, 0.1) is 24.7 Å². The van der Waals surface area contributed by atoms with Gasteiger partial charge in [0.25, 0.3) is 0 Å². The van der Waals surface area contributed by atoms with Gasteiger partial charge in [0.05, 0.1) is 49.9 Å². The fraction of sp³-hybridized carbons (Fsp3) is 0.767. The van der Waals surface area contributed by atoms with Crippen molar-refractivity contribution in [2.75, 3.05) is 61.7 Å². The second-order valence-electron chi connectivity index (χ2n) is 15.6. The fourth-order valence-electron chi connectivity index (χ4n) is 8.11. The quantitative estimate of drug-likeness (QED) is 0.161. The first kappa shape index (κ1) is 50.0. The zero-order valence-electron chi connectivity index (χ0n) is 36.3. The third kappa shape index (κ3) is 16.1. The van der Waals surface area contributed by atoms with Gasteiger partial charge < -0.3 is 34.6 Å². The number of carbonyl (C=O) groups is 4. The minimum atomic E-state index is -0.444. The highest BCUT2D eigenvalue weighted by atomic mass is 16.5. The molecule has 12 heteroatoms. The number of nitrogens with one attached hydrogen (secondary N) is 2. The van der Waals surface area contributed by atoms with Crippen LogP contribution in [0.25, 0.3) is 0 Å². The molecule has 2 heterocycles. The van der Waals surface area contributed by atoms with Gasteiger partial charge in [-0.1, -0.05) is 90.3 Å². The predicted octanol–water partition coefficient (Wildman–Crippen LogP) is 5.32. The maximum Gasteiger partial charge on any atom is 0.242 e. The van der Waals surface area contributed by atoms with Crippen molar-refractivity contribution in [1.82, 2.24) is 25.3 Å². The van der Waals surface area contributed by atoms with E-state index in [0.717, 1.165) is 45.1 Å². The van der Waals surface area contributed by atoms with Crippen LogP contribution < -0.4 is 10.6 Å². The molecule has 3 aliphatic rings. The normalized spacial score (nSPS) is 22.1. The molecule has 1 aromatic rings. The molecule has 8 unspecified atom stereocenters. The third-order valence-electron chi connectivity index (χ3n) is 11.1. The van der Waals surface area contributed by atoms with Gasteiger partial charge in [-0.2, -0.15) is 0 Å². The highest BCUT2D eigenvalue weighted by molar-refractivity contribution is 5.88. The van der Waals surface area contributed by atoms with Crippen LogP contribution in [0.3, 0.4) is 0 Å². The molecule has 2 saturated heterocycles. The Morgan fingerprint density at radius 1 is 1.00 bits per heavy atom. The Balaban J connectivity index is 0.000000732. The number of carbonyl (C=O) groups excluding carboxylic acids is 4. The summed E-state index contributed by atoms with van der Waals surface area (Å²) in [5, 5.41) is 5.35. The van der Waals surface area contributed by atoms with Crippen LogP contribution in [-0.2, 0) is 33.4 Å². The number of likely N-dealkylation sites (tertiary alicyclic amines) is 2. The molecule has 1 saturated carbocycles. The van der Waals surface area contributed by atoms with E-state index >= 15 is 0 Å². The van der Waals surface area contributed by atoms with Crippen molar-refractivity contribution >= 4 is 24.1 Å². The van der Waals surface area contributed by atoms with Gasteiger partial charge in [-0.15, -0.1) is 0 Å². The second-order valence-corrected chi connectivity index (χ2v) is 15.6. The topological polar surface area (TPSA) is 130 Å². The smallest absolute Gasteiger partial charge is 0.242 e. The van der Waals surface area contributed by atoms with Crippen LogP contribution in [0.4, 0.5) is 0 Å². The number of nitrogens with zero attached hydrogens (tertiary/aromatic N) is 3. The molecule has 316 valence electrons. The van der Waals surface area contributed by atoms with E-state index in [4.69, 9.17) is 9.47 Å². The number of aryl methyl sites for hydroxylation is 1. The maximum atomic E-state index is 13.6. The lowest BCUT2D eigenvalue weighted by Gasteiger charge is -2.39. The average molecular weight is 776 g/mol. The van der Waals surface area contributed by atoms with Gasteiger partial charge >= 0.3 is 0 Å². The van der Waals surface area contributed by atoms with E-state index in [1.54, 1.807) is 33.3 Å². The van der Waals surface area contributed by atoms with Crippen molar-refractivity contribution in [3.63, 3.8) is 0 Å². The van der Waals surface area contributed by atoms with E-state index in [-0.39, 0.29) is 60.8 Å². The van der Waals surface area contributed by atoms with E-state index in [2.05, 4.69) is 80.9 Å². The van der Waals surface area contributed by atoms with Crippen LogP contribution >= 0.6 is 0 Å². The summed E-state index contributed by atoms with van der Waals surface area (Å²) in [5.41, 5.74) is 1.32. The van der Waals surface area contributed by atoms with Crippen molar-refractivity contribution in [3.8, 4) is 0 Å². The van der Waals surface area contributed by atoms with Gasteiger partial charge in [0, 0.05) is 47.5 Å². The molecule has 8 atom stereocenters. The number of hydrogen-bond acceptors (Lipinski definition) is 8. The summed E-state index contributed by atoms with van der Waals surface area (Å²) >= 11 is 0. The van der Waals surface area contributed by atoms with Crippen LogP contribution in [0.1, 0.15) is 98.5 Å². The van der Waals surface area contributed by atoms with Crippen molar-refractivity contribution < 1.29 is 33.4 Å². The molecule has 2 aliphatic heterocycles. The van der Waals surface area contributed by atoms with Gasteiger partial charge in [-0.05, 0) is 63.8 Å². The van der Waals surface area contributed by atoms with E-state index in [1.165, 1.54) is 12.0 Å². The Kier molecular flexibility index (Phi) is 25.0. The number of benzene rings is 1. The summed E-state index contributed by atoms with van der Waals surface area (Å²) in [4.78, 5) is 55.2. The summed E-state index contributed by atoms with van der Waals surface area (Å²) in [5.74, 6) is 0.634. The first-order chi connectivity index (χ1) is 26.3. The average Bonchev–Trinajstić information content (AvgIpc) is 3.92. The summed E-state index contributed by atoms with van der Waals surface area (Å²) in [6.45, 7) is 16.6. The summed E-state index contributed by atoms with van der Waals surface area (Å²) in [6, 6.07) is 10.4. The van der Waals surface area contributed by atoms with Gasteiger partial charge in [0.2, 0.25) is 24.1 Å². The summed E-state index contributed by atoms with van der Waals surface area (Å²) in [6.07, 6.45) is 7.70. The Bertz CT molecular complexity index is 1220. The zero-order valence-corrected chi connectivity index (χ0v) is 36.3. The lowest BCUT2D eigenvalue weighted by atomic mass is 9.90. The molecular formula is C43H77N5O7. The van der Waals surface area contributed by atoms with Crippen LogP contribution in [-0.4, -0.2) is 137 Å². The Morgan fingerprint density at radius 2 is 1.65 bits per heavy atom. The molecule has 0 radical (unpaired) electrons. The lowest BCUT2D eigenvalue weighted by molar-refractivity contribution is -0.144. The number of methoxy groups -OCH3 is 3. The molecule has 1 aliphatic carbocycles. The minimum absolute atomic E-state index is 0.00482. The molecular weight excluding hydrogens is 699 g/mol. The van der Waals surface area contributed by atoms with Crippen molar-refractivity contribution in [2.24, 2.45) is 17.8 Å². The number of likely N-dealkylation sites (N-methyl/N-ethyl adjacent to an activating group) is 2. The first-order valence-corrected chi connectivity index (χ1v) is 20.6. The fourth-order valence-corrected chi connectivity index (χ4v) is 8.11. The monoisotopic (exact) mass is 776 g/mol. The Morgan fingerprint density at radius 3 is 2.13 bits per heavy atom. The summed E-state index contributed by atoms with van der Waals surface area (Å²) < 4.78 is 16.3. The Labute approximate surface area is 333 Å². The van der Waals surface area contributed by atoms with Gasteiger partial charge in [0.1, 0.15) is 0 Å². The van der Waals surface area contributed by atoms with Crippen LogP contribution in [0.15, 0.2) is 30.3 Å². The Hall–Kier alpha value is -3.06. The van der Waals surface area contributed by atoms with Gasteiger partial charge in [-0.25, -0.2) is 0 Å². The number of fused-ring (bicyclic) bond motifs is 2. The van der Waals surface area contributed by atoms with Crippen LogP contribution in [0.5, 0.6) is 0 Å². The molecule has 3 fully saturated rings. The van der Waals surface area contributed by atoms with E-state index in [9.17, 15) is 19.2 Å². The standard InChI is InChI=1S/C29H52N4O5.C7H8.C4H9NO2.C3H8/c1-9-19(4)26(23(37-7)16-24(34)33-14-10-11-22(33)28(38-8)18(2)3)32(6)25(35)17-30-29(36)27-20-12-13-21(15-20)31(27)5;1-7-5-3-2-4-6-7;1-7-3-2-5-4-6;1-3-2/h18-23,26-28H,9-17H2,1-8H3,(H,30,36);2-6H,1H3;4H,2-3H2,1H3,(H,5,6);3H2,1-2H3. The molecule has 4 amide bonds. The molecule has 4 rings (SSSR count). The van der Waals surface area contributed by atoms with Crippen molar-refractivity contribution in [3.05, 3.63) is 35.9 Å². The molecule has 12 nitrogen and oxygen atoms in total. The van der Waals surface area contributed by atoms with Crippen molar-refractivity contribution in [1.29, 1.82) is 0 Å². The number of amides is 4. The third-order valence-corrected chi connectivity index (χ3v) is 11.1. The molecule has 1 aromatic carbocycles. The van der Waals surface area contributed by atoms with Gasteiger partial charge in [0.15, 0.2) is 0 Å². The number of ether oxygens (including phenoxy) is 3. The highest BCUT2D eigenvalue weighted by Gasteiger charge is 2.47. The molecule has 55 heavy (non-hydrogen) atoms. The number of piperidine rings is 1. The van der Waals surface area contributed by atoms with E-state index < -0.39 is 6.10 Å². The lowest BCUT2D eigenvalue weighted by Crippen LogP contribution is -2.55. The second kappa shape index (κ2) is 27.5. The molecule has 0 aromatic heterocycles. The summed E-state index contributed by atoms with van der Waals surface area (Å²) in [7, 11) is 8.71. The maximum absolute atomic E-state index is 13.6. The van der Waals surface area contributed by atoms with E-state index in [0.29, 0.717) is 37.4 Å². The van der Waals surface area contributed by atoms with Crippen LogP contribution in [0.2, 0.25) is 0 Å². The van der Waals surface area contributed by atoms with Crippen molar-refractivity contribution in [2.45, 2.75) is 136 Å². The molecule has 2 N–H and O–H groups in total. The van der Waals surface area contributed by atoms with E-state index in [1.807, 2.05) is 30.1 Å². The number of rotatable bonds is 17. The number of hydrogen-bond donors (Lipinski definition) is 2. The predicted molar refractivity (Wildman–Crippen MR) is 221 cm³/mol. The van der Waals surface area contributed by atoms with Gasteiger partial charge in [-0.3, -0.25) is 24.1 Å². The first-order valence-electron chi connectivity index (χ1n) is 20.6. The molecule has 2 bridgehead atoms.